The molecule has 0 fully saturated rings. The summed E-state index contributed by atoms with van der Waals surface area (Å²) in [5, 5.41) is 8.45. The lowest BCUT2D eigenvalue weighted by Gasteiger charge is -1.98. The van der Waals surface area contributed by atoms with Crippen molar-refractivity contribution in [3.63, 3.8) is 0 Å². The van der Waals surface area contributed by atoms with Gasteiger partial charge in [-0.2, -0.15) is 0 Å². The van der Waals surface area contributed by atoms with E-state index in [0.717, 1.165) is 12.8 Å². The first kappa shape index (κ1) is 20.7. The van der Waals surface area contributed by atoms with Crippen molar-refractivity contribution in [2.24, 2.45) is 0 Å². The van der Waals surface area contributed by atoms with Crippen molar-refractivity contribution in [1.29, 1.82) is 0 Å². The lowest BCUT2D eigenvalue weighted by Crippen LogP contribution is -1.92. The Labute approximate surface area is 135 Å². The second kappa shape index (κ2) is 17.7. The Balaban J connectivity index is 3.26. The largest absolute Gasteiger partial charge is 0.481 e. The number of unbranched alkanes of at least 4 members (excludes halogenated alkanes) is 6. The molecule has 0 aliphatic heterocycles. The molecule has 0 unspecified atom stereocenters. The van der Waals surface area contributed by atoms with Gasteiger partial charge in [0.25, 0.3) is 0 Å². The van der Waals surface area contributed by atoms with Gasteiger partial charge >= 0.3 is 5.97 Å². The molecule has 0 aromatic heterocycles. The molecule has 0 aromatic rings. The van der Waals surface area contributed by atoms with Gasteiger partial charge in [-0.3, -0.25) is 4.79 Å². The number of carboxylic acids is 1. The van der Waals surface area contributed by atoms with Crippen LogP contribution in [0.1, 0.15) is 71.1 Å². The molecule has 0 aromatic carbocycles. The maximum Gasteiger partial charge on any atom is 0.303 e. The van der Waals surface area contributed by atoms with E-state index in [4.69, 9.17) is 9.84 Å². The SMILES string of the molecule is CCCCCCCCC=CCOCCC=C=CCCC(=O)O. The number of carbonyl (C=O) groups is 1. The van der Waals surface area contributed by atoms with Crippen molar-refractivity contribution in [2.75, 3.05) is 13.2 Å². The zero-order valence-corrected chi connectivity index (χ0v) is 14.1. The topological polar surface area (TPSA) is 46.5 Å². The van der Waals surface area contributed by atoms with Gasteiger partial charge in [-0.1, -0.05) is 51.2 Å². The van der Waals surface area contributed by atoms with Crippen molar-refractivity contribution in [3.8, 4) is 0 Å². The predicted octanol–water partition coefficient (Wildman–Crippen LogP) is 5.28. The van der Waals surface area contributed by atoms with Gasteiger partial charge in [0.2, 0.25) is 0 Å². The molecule has 0 rings (SSSR count). The van der Waals surface area contributed by atoms with Crippen LogP contribution in [-0.4, -0.2) is 24.3 Å². The van der Waals surface area contributed by atoms with E-state index < -0.39 is 5.97 Å². The van der Waals surface area contributed by atoms with Gasteiger partial charge in [-0.25, -0.2) is 0 Å². The van der Waals surface area contributed by atoms with Gasteiger partial charge in [0, 0.05) is 6.42 Å². The summed E-state index contributed by atoms with van der Waals surface area (Å²) in [6.07, 6.45) is 18.7. The van der Waals surface area contributed by atoms with Crippen molar-refractivity contribution in [1.82, 2.24) is 0 Å². The minimum atomic E-state index is -0.769. The van der Waals surface area contributed by atoms with Crippen molar-refractivity contribution >= 4 is 5.97 Å². The Kier molecular flexibility index (Phi) is 16.7. The van der Waals surface area contributed by atoms with Crippen LogP contribution >= 0.6 is 0 Å². The first-order valence-electron chi connectivity index (χ1n) is 8.61. The highest BCUT2D eigenvalue weighted by Crippen LogP contribution is 2.07. The quantitative estimate of drug-likeness (QED) is 0.254. The summed E-state index contributed by atoms with van der Waals surface area (Å²) in [5.74, 6) is -0.769. The van der Waals surface area contributed by atoms with Crippen LogP contribution in [0.4, 0.5) is 0 Å². The number of carboxylic acid groups (broad SMARTS) is 1. The molecule has 0 heterocycles. The smallest absolute Gasteiger partial charge is 0.303 e. The van der Waals surface area contributed by atoms with Crippen molar-refractivity contribution in [3.05, 3.63) is 30.0 Å². The van der Waals surface area contributed by atoms with Crippen LogP contribution in [0.5, 0.6) is 0 Å². The first-order chi connectivity index (χ1) is 10.8. The van der Waals surface area contributed by atoms with Gasteiger partial charge in [-0.05, 0) is 37.8 Å². The highest BCUT2D eigenvalue weighted by atomic mass is 16.5. The van der Waals surface area contributed by atoms with Crippen LogP contribution in [-0.2, 0) is 9.53 Å². The zero-order chi connectivity index (χ0) is 16.3. The van der Waals surface area contributed by atoms with Crippen LogP contribution < -0.4 is 0 Å². The molecule has 0 radical (unpaired) electrons. The van der Waals surface area contributed by atoms with Gasteiger partial charge in [-0.15, -0.1) is 5.73 Å². The van der Waals surface area contributed by atoms with Gasteiger partial charge in [0.1, 0.15) is 0 Å². The third-order valence-electron chi connectivity index (χ3n) is 3.25. The van der Waals surface area contributed by atoms with E-state index in [1.54, 1.807) is 6.08 Å². The molecular weight excluding hydrogens is 276 g/mol. The second-order valence-corrected chi connectivity index (χ2v) is 5.40. The van der Waals surface area contributed by atoms with Gasteiger partial charge < -0.3 is 9.84 Å². The fourth-order valence-corrected chi connectivity index (χ4v) is 1.97. The van der Waals surface area contributed by atoms with E-state index in [1.807, 2.05) is 6.08 Å². The summed E-state index contributed by atoms with van der Waals surface area (Å²) >= 11 is 0. The minimum Gasteiger partial charge on any atom is -0.481 e. The molecule has 1 N–H and O–H groups in total. The average molecular weight is 308 g/mol. The lowest BCUT2D eigenvalue weighted by atomic mass is 10.1. The highest BCUT2D eigenvalue weighted by Gasteiger charge is 1.90. The summed E-state index contributed by atoms with van der Waals surface area (Å²) in [6, 6.07) is 0. The molecule has 0 saturated heterocycles. The normalized spacial score (nSPS) is 10.6. The van der Waals surface area contributed by atoms with E-state index in [1.165, 1.54) is 38.5 Å². The number of aliphatic carboxylic acids is 1. The first-order valence-corrected chi connectivity index (χ1v) is 8.61. The average Bonchev–Trinajstić information content (AvgIpc) is 2.50. The molecule has 0 aliphatic carbocycles. The number of hydrogen-bond acceptors (Lipinski definition) is 2. The number of hydrogen-bond donors (Lipinski definition) is 1. The van der Waals surface area contributed by atoms with E-state index in [0.29, 0.717) is 19.6 Å². The zero-order valence-electron chi connectivity index (χ0n) is 14.1. The fourth-order valence-electron chi connectivity index (χ4n) is 1.97. The van der Waals surface area contributed by atoms with E-state index >= 15 is 0 Å². The Bertz CT molecular complexity index is 339. The molecule has 126 valence electrons. The monoisotopic (exact) mass is 308 g/mol. The summed E-state index contributed by atoms with van der Waals surface area (Å²) in [5.41, 5.74) is 2.97. The Morgan fingerprint density at radius 3 is 2.50 bits per heavy atom. The summed E-state index contributed by atoms with van der Waals surface area (Å²) < 4.78 is 5.47. The van der Waals surface area contributed by atoms with Crippen LogP contribution in [0, 0.1) is 0 Å². The molecule has 0 amide bonds. The Hall–Kier alpha value is -1.31. The van der Waals surface area contributed by atoms with Crippen molar-refractivity contribution in [2.45, 2.75) is 71.1 Å². The summed E-state index contributed by atoms with van der Waals surface area (Å²) in [6.45, 7) is 3.60. The van der Waals surface area contributed by atoms with E-state index in [2.05, 4.69) is 24.8 Å². The summed E-state index contributed by atoms with van der Waals surface area (Å²) in [4.78, 5) is 10.3. The molecule has 3 heteroatoms. The molecule has 3 nitrogen and oxygen atoms in total. The molecule has 0 saturated carbocycles. The molecule has 0 atom stereocenters. The lowest BCUT2D eigenvalue weighted by molar-refractivity contribution is -0.136. The van der Waals surface area contributed by atoms with Crippen LogP contribution in [0.25, 0.3) is 0 Å². The van der Waals surface area contributed by atoms with Gasteiger partial charge in [0.05, 0.1) is 13.2 Å². The van der Waals surface area contributed by atoms with E-state index in [9.17, 15) is 4.79 Å². The van der Waals surface area contributed by atoms with Crippen LogP contribution in [0.2, 0.25) is 0 Å². The third-order valence-corrected chi connectivity index (χ3v) is 3.25. The molecule has 22 heavy (non-hydrogen) atoms. The van der Waals surface area contributed by atoms with Crippen molar-refractivity contribution < 1.29 is 14.6 Å². The standard InChI is InChI=1S/C19H32O3/c1-2-3-4-5-6-7-8-11-14-17-22-18-15-12-9-10-13-16-19(20)21/h10-12,14H,2-8,13,15-18H2,1H3,(H,20,21). The highest BCUT2D eigenvalue weighted by molar-refractivity contribution is 5.66. The number of ether oxygens (including phenoxy) is 1. The molecule has 0 spiro atoms. The second-order valence-electron chi connectivity index (χ2n) is 5.40. The fraction of sp³-hybridized carbons (Fsp3) is 0.684. The minimum absolute atomic E-state index is 0.167. The number of rotatable bonds is 15. The van der Waals surface area contributed by atoms with E-state index in [-0.39, 0.29) is 6.42 Å². The Morgan fingerprint density at radius 2 is 1.73 bits per heavy atom. The predicted molar refractivity (Wildman–Crippen MR) is 92.1 cm³/mol. The third kappa shape index (κ3) is 18.7. The molecular formula is C19H32O3. The van der Waals surface area contributed by atoms with Crippen LogP contribution in [0.15, 0.2) is 30.0 Å². The molecule has 0 aliphatic rings. The van der Waals surface area contributed by atoms with Gasteiger partial charge in [0.15, 0.2) is 0 Å². The molecule has 0 bridgehead atoms. The van der Waals surface area contributed by atoms with Crippen LogP contribution in [0.3, 0.4) is 0 Å². The maximum absolute atomic E-state index is 10.3. The Morgan fingerprint density at radius 1 is 1.00 bits per heavy atom. The number of allylic oxidation sites excluding steroid dienone is 1. The summed E-state index contributed by atoms with van der Waals surface area (Å²) in [7, 11) is 0. The maximum atomic E-state index is 10.3.